The van der Waals surface area contributed by atoms with E-state index in [1.54, 1.807) is 0 Å². The van der Waals surface area contributed by atoms with Gasteiger partial charge in [0.2, 0.25) is 0 Å². The van der Waals surface area contributed by atoms with E-state index in [0.29, 0.717) is 10.8 Å². The Morgan fingerprint density at radius 1 is 0.912 bits per heavy atom. The standard InChI is InChI=1S/C33H49Cl/c1-22(2)9-8-10-23(3)28-15-16-29-27-14-13-25-21-24(26-11-6-7-12-31(26)34)17-19-32(25,4)30(27)18-20-33(28,29)5/h6-7,11-12,17,22-23,25,27-30H,8-10,13-16,18-21H2,1-5H3/t23-,25+,27+,28-,29+,30-,32-,33+/m0/s1. The Labute approximate surface area is 215 Å². The molecule has 8 atom stereocenters. The SMILES string of the molecule is CC(C)CCC[C@H](C)[C@@H]1CC[C@@H]2[C@H]3CC[C@@H]4CC(c5ccccc5Cl)=CC[C@]4(C)[C@H]3CC[C@@]21C. The molecule has 4 aliphatic rings. The van der Waals surface area contributed by atoms with E-state index in [4.69, 9.17) is 11.6 Å². The van der Waals surface area contributed by atoms with Gasteiger partial charge in [0.05, 0.1) is 0 Å². The van der Waals surface area contributed by atoms with E-state index in [-0.39, 0.29) is 0 Å². The molecule has 0 nitrogen and oxygen atoms in total. The van der Waals surface area contributed by atoms with Crippen LogP contribution < -0.4 is 0 Å². The normalized spacial score (nSPS) is 40.3. The monoisotopic (exact) mass is 480 g/mol. The van der Waals surface area contributed by atoms with E-state index in [1.165, 1.54) is 81.8 Å². The van der Waals surface area contributed by atoms with Gasteiger partial charge in [-0.1, -0.05) is 89.8 Å². The first-order valence-corrected chi connectivity index (χ1v) is 15.1. The first kappa shape index (κ1) is 24.9. The van der Waals surface area contributed by atoms with Gasteiger partial charge in [0.25, 0.3) is 0 Å². The maximum absolute atomic E-state index is 6.60. The average molecular weight is 481 g/mol. The van der Waals surface area contributed by atoms with Gasteiger partial charge in [0.15, 0.2) is 0 Å². The minimum Gasteiger partial charge on any atom is -0.0837 e. The molecule has 0 radical (unpaired) electrons. The summed E-state index contributed by atoms with van der Waals surface area (Å²) in [6.45, 7) is 12.8. The summed E-state index contributed by atoms with van der Waals surface area (Å²) >= 11 is 6.60. The summed E-state index contributed by atoms with van der Waals surface area (Å²) in [5.41, 5.74) is 3.91. The number of hydrogen-bond acceptors (Lipinski definition) is 0. The van der Waals surface area contributed by atoms with E-state index >= 15 is 0 Å². The molecule has 0 amide bonds. The summed E-state index contributed by atoms with van der Waals surface area (Å²) in [5.74, 6) is 6.46. The van der Waals surface area contributed by atoms with Crippen molar-refractivity contribution in [3.8, 4) is 0 Å². The maximum atomic E-state index is 6.60. The Balaban J connectivity index is 1.31. The first-order chi connectivity index (χ1) is 16.2. The van der Waals surface area contributed by atoms with Gasteiger partial charge in [0.1, 0.15) is 0 Å². The summed E-state index contributed by atoms with van der Waals surface area (Å²) in [7, 11) is 0. The van der Waals surface area contributed by atoms with Gasteiger partial charge in [-0.05, 0) is 121 Å². The average Bonchev–Trinajstić information content (AvgIpc) is 3.16. The molecule has 4 aliphatic carbocycles. The van der Waals surface area contributed by atoms with Crippen molar-refractivity contribution < 1.29 is 0 Å². The number of rotatable bonds is 6. The largest absolute Gasteiger partial charge is 0.0837 e. The minimum absolute atomic E-state index is 0.496. The second-order valence-electron chi connectivity index (χ2n) is 13.8. The first-order valence-electron chi connectivity index (χ1n) is 14.7. The Kier molecular flexibility index (Phi) is 7.04. The van der Waals surface area contributed by atoms with Gasteiger partial charge >= 0.3 is 0 Å². The number of fused-ring (bicyclic) bond motifs is 5. The van der Waals surface area contributed by atoms with Crippen LogP contribution in [0.15, 0.2) is 30.3 Å². The van der Waals surface area contributed by atoms with Crippen LogP contribution in [-0.2, 0) is 0 Å². The van der Waals surface area contributed by atoms with Crippen molar-refractivity contribution in [1.82, 2.24) is 0 Å². The quantitative estimate of drug-likeness (QED) is 0.379. The molecule has 1 aromatic rings. The molecule has 0 N–H and O–H groups in total. The van der Waals surface area contributed by atoms with Crippen LogP contribution in [0.25, 0.3) is 5.57 Å². The van der Waals surface area contributed by atoms with Crippen molar-refractivity contribution in [1.29, 1.82) is 0 Å². The van der Waals surface area contributed by atoms with Gasteiger partial charge in [-0.15, -0.1) is 0 Å². The summed E-state index contributed by atoms with van der Waals surface area (Å²) in [5, 5.41) is 0.930. The molecule has 1 heteroatoms. The highest BCUT2D eigenvalue weighted by atomic mass is 35.5. The Bertz CT molecular complexity index is 898. The number of allylic oxidation sites excluding steroid dienone is 2. The lowest BCUT2D eigenvalue weighted by atomic mass is 9.44. The molecular weight excluding hydrogens is 432 g/mol. The molecule has 5 rings (SSSR count). The summed E-state index contributed by atoms with van der Waals surface area (Å²) in [6, 6.07) is 8.50. The van der Waals surface area contributed by atoms with Crippen LogP contribution in [-0.4, -0.2) is 0 Å². The zero-order chi connectivity index (χ0) is 24.1. The molecule has 3 fully saturated rings. The molecule has 3 saturated carbocycles. The lowest BCUT2D eigenvalue weighted by Crippen LogP contribution is -2.52. The molecule has 0 saturated heterocycles. The number of halogens is 1. The van der Waals surface area contributed by atoms with Gasteiger partial charge in [0, 0.05) is 5.02 Å². The summed E-state index contributed by atoms with van der Waals surface area (Å²) in [6.07, 6.45) is 18.3. The lowest BCUT2D eigenvalue weighted by Gasteiger charge is -2.60. The number of benzene rings is 1. The fourth-order valence-corrected chi connectivity index (χ4v) is 10.1. The highest BCUT2D eigenvalue weighted by molar-refractivity contribution is 6.32. The molecule has 0 spiro atoms. The molecule has 0 aromatic heterocycles. The van der Waals surface area contributed by atoms with Gasteiger partial charge in [-0.25, -0.2) is 0 Å². The van der Waals surface area contributed by atoms with Crippen molar-refractivity contribution in [2.24, 2.45) is 52.3 Å². The highest BCUT2D eigenvalue weighted by Crippen LogP contribution is 2.68. The van der Waals surface area contributed by atoms with Crippen LogP contribution in [0.4, 0.5) is 0 Å². The zero-order valence-corrected chi connectivity index (χ0v) is 23.3. The zero-order valence-electron chi connectivity index (χ0n) is 22.6. The molecule has 0 unspecified atom stereocenters. The fourth-order valence-electron chi connectivity index (χ4n) is 9.85. The van der Waals surface area contributed by atoms with E-state index < -0.39 is 0 Å². The topological polar surface area (TPSA) is 0 Å². The lowest BCUT2D eigenvalue weighted by molar-refractivity contribution is -0.0999. The Morgan fingerprint density at radius 2 is 1.68 bits per heavy atom. The van der Waals surface area contributed by atoms with Crippen molar-refractivity contribution >= 4 is 17.2 Å². The smallest absolute Gasteiger partial charge is 0.0481 e. The molecule has 0 heterocycles. The second kappa shape index (κ2) is 9.61. The maximum Gasteiger partial charge on any atom is 0.0481 e. The highest BCUT2D eigenvalue weighted by Gasteiger charge is 2.60. The molecular formula is C33H49Cl. The van der Waals surface area contributed by atoms with E-state index in [1.807, 2.05) is 0 Å². The van der Waals surface area contributed by atoms with E-state index in [0.717, 1.165) is 46.4 Å². The third kappa shape index (κ3) is 4.23. The fraction of sp³-hybridized carbons (Fsp3) is 0.758. The van der Waals surface area contributed by atoms with Crippen LogP contribution in [0.3, 0.4) is 0 Å². The molecule has 0 bridgehead atoms. The van der Waals surface area contributed by atoms with Crippen LogP contribution in [0.5, 0.6) is 0 Å². The van der Waals surface area contributed by atoms with Crippen LogP contribution in [0.2, 0.25) is 5.02 Å². The molecule has 188 valence electrons. The van der Waals surface area contributed by atoms with Gasteiger partial charge in [-0.3, -0.25) is 0 Å². The van der Waals surface area contributed by atoms with Gasteiger partial charge in [-0.2, -0.15) is 0 Å². The van der Waals surface area contributed by atoms with Crippen molar-refractivity contribution in [2.45, 2.75) is 105 Å². The van der Waals surface area contributed by atoms with Crippen LogP contribution in [0.1, 0.15) is 111 Å². The summed E-state index contributed by atoms with van der Waals surface area (Å²) < 4.78 is 0. The van der Waals surface area contributed by atoms with E-state index in [9.17, 15) is 0 Å². The van der Waals surface area contributed by atoms with Crippen molar-refractivity contribution in [3.05, 3.63) is 40.9 Å². The molecule has 34 heavy (non-hydrogen) atoms. The Hall–Kier alpha value is -0.750. The Morgan fingerprint density at radius 3 is 2.44 bits per heavy atom. The second-order valence-corrected chi connectivity index (χ2v) is 14.2. The third-order valence-corrected chi connectivity index (χ3v) is 12.1. The van der Waals surface area contributed by atoms with Crippen molar-refractivity contribution in [3.63, 3.8) is 0 Å². The predicted octanol–water partition coefficient (Wildman–Crippen LogP) is 10.5. The molecule has 1 aromatic carbocycles. The van der Waals surface area contributed by atoms with E-state index in [2.05, 4.69) is 65.0 Å². The van der Waals surface area contributed by atoms with Crippen LogP contribution in [0, 0.1) is 52.3 Å². The predicted molar refractivity (Wildman–Crippen MR) is 148 cm³/mol. The summed E-state index contributed by atoms with van der Waals surface area (Å²) in [4.78, 5) is 0. The van der Waals surface area contributed by atoms with Crippen molar-refractivity contribution in [2.75, 3.05) is 0 Å². The number of hydrogen-bond donors (Lipinski definition) is 0. The molecule has 0 aliphatic heterocycles. The van der Waals surface area contributed by atoms with Gasteiger partial charge < -0.3 is 0 Å². The minimum atomic E-state index is 0.496. The third-order valence-electron chi connectivity index (χ3n) is 11.7. The van der Waals surface area contributed by atoms with Crippen LogP contribution >= 0.6 is 11.6 Å².